The maximum Gasteiger partial charge on any atom is 0.0460 e. The van der Waals surface area contributed by atoms with Gasteiger partial charge in [-0.05, 0) is 38.0 Å². The fourth-order valence-corrected chi connectivity index (χ4v) is 1.58. The van der Waals surface area contributed by atoms with Gasteiger partial charge in [-0.15, -0.1) is 0 Å². The minimum absolute atomic E-state index is 1.07. The number of hydrogen-bond donors (Lipinski definition) is 1. The van der Waals surface area contributed by atoms with Crippen molar-refractivity contribution in [2.45, 2.75) is 27.2 Å². The molecular weight excluding hydrogens is 182 g/mol. The zero-order chi connectivity index (χ0) is 11.4. The highest BCUT2D eigenvalue weighted by atomic mass is 14.7. The molecule has 1 aromatic rings. The molecule has 1 aromatic heterocycles. The first-order valence-electron chi connectivity index (χ1n) is 5.28. The van der Waals surface area contributed by atoms with E-state index in [4.69, 9.17) is 0 Å². The summed E-state index contributed by atoms with van der Waals surface area (Å²) in [6, 6.07) is 0. The number of H-pyrrole nitrogens is 1. The summed E-state index contributed by atoms with van der Waals surface area (Å²) in [6.45, 7) is 14.0. The largest absolute Gasteiger partial charge is 0.355 e. The lowest BCUT2D eigenvalue weighted by molar-refractivity contribution is 1.11. The molecule has 0 unspecified atom stereocenters. The maximum absolute atomic E-state index is 3.85. The van der Waals surface area contributed by atoms with Crippen molar-refractivity contribution >= 4 is 18.2 Å². The summed E-state index contributed by atoms with van der Waals surface area (Å²) < 4.78 is 0. The molecule has 0 radical (unpaired) electrons. The van der Waals surface area contributed by atoms with Crippen molar-refractivity contribution in [3.05, 3.63) is 41.2 Å². The first-order chi connectivity index (χ1) is 7.13. The third-order valence-corrected chi connectivity index (χ3v) is 2.72. The van der Waals surface area contributed by atoms with Crippen molar-refractivity contribution in [2.75, 3.05) is 0 Å². The van der Waals surface area contributed by atoms with Gasteiger partial charge in [0, 0.05) is 17.0 Å². The minimum atomic E-state index is 1.07. The van der Waals surface area contributed by atoms with E-state index in [9.17, 15) is 0 Å². The molecule has 1 rings (SSSR count). The van der Waals surface area contributed by atoms with E-state index in [2.05, 4.69) is 45.0 Å². The Morgan fingerprint density at radius 1 is 1.27 bits per heavy atom. The van der Waals surface area contributed by atoms with E-state index in [0.29, 0.717) is 0 Å². The van der Waals surface area contributed by atoms with Crippen molar-refractivity contribution in [3.63, 3.8) is 0 Å². The molecule has 15 heavy (non-hydrogen) atoms. The van der Waals surface area contributed by atoms with Gasteiger partial charge in [0.1, 0.15) is 0 Å². The van der Waals surface area contributed by atoms with Gasteiger partial charge in [0.15, 0.2) is 0 Å². The van der Waals surface area contributed by atoms with Crippen LogP contribution < -0.4 is 0 Å². The molecule has 80 valence electrons. The second kappa shape index (κ2) is 4.83. The van der Waals surface area contributed by atoms with Crippen LogP contribution in [0.4, 0.5) is 0 Å². The van der Waals surface area contributed by atoms with Gasteiger partial charge in [-0.1, -0.05) is 31.7 Å². The van der Waals surface area contributed by atoms with Crippen molar-refractivity contribution < 1.29 is 0 Å². The first-order valence-corrected chi connectivity index (χ1v) is 5.28. The second-order valence-corrected chi connectivity index (χ2v) is 3.74. The fraction of sp³-hybridized carbons (Fsp3) is 0.286. The summed E-state index contributed by atoms with van der Waals surface area (Å²) in [5.41, 5.74) is 5.97. The van der Waals surface area contributed by atoms with Crippen LogP contribution in [0.15, 0.2) is 18.7 Å². The third kappa shape index (κ3) is 2.30. The maximum atomic E-state index is 3.85. The molecule has 1 N–H and O–H groups in total. The summed E-state index contributed by atoms with van der Waals surface area (Å²) in [5.74, 6) is 0. The van der Waals surface area contributed by atoms with E-state index in [-0.39, 0.29) is 0 Å². The number of aromatic amines is 1. The van der Waals surface area contributed by atoms with E-state index >= 15 is 0 Å². The standard InChI is InChI=1S/C14H19N/c1-6-10(4)9-14-12(7-2)11(5)13(8-3)15-14/h7-9,15H,2-3,6H2,1,4-5H3/b10-9+. The number of allylic oxidation sites excluding steroid dienone is 1. The van der Waals surface area contributed by atoms with Gasteiger partial charge in [-0.2, -0.15) is 0 Å². The molecule has 0 saturated carbocycles. The monoisotopic (exact) mass is 201 g/mol. The average molecular weight is 201 g/mol. The molecule has 1 heterocycles. The topological polar surface area (TPSA) is 15.8 Å². The van der Waals surface area contributed by atoms with E-state index in [1.165, 1.54) is 16.7 Å². The Hall–Kier alpha value is -1.50. The number of nitrogens with one attached hydrogen (secondary N) is 1. The summed E-state index contributed by atoms with van der Waals surface area (Å²) in [6.07, 6.45) is 6.99. The van der Waals surface area contributed by atoms with Gasteiger partial charge in [0.2, 0.25) is 0 Å². The summed E-state index contributed by atoms with van der Waals surface area (Å²) in [5, 5.41) is 0. The quantitative estimate of drug-likeness (QED) is 0.742. The highest BCUT2D eigenvalue weighted by Crippen LogP contribution is 2.22. The molecule has 0 spiro atoms. The zero-order valence-electron chi connectivity index (χ0n) is 9.85. The van der Waals surface area contributed by atoms with E-state index < -0.39 is 0 Å². The van der Waals surface area contributed by atoms with Gasteiger partial charge < -0.3 is 4.98 Å². The van der Waals surface area contributed by atoms with Gasteiger partial charge in [0.05, 0.1) is 0 Å². The van der Waals surface area contributed by atoms with Crippen molar-refractivity contribution in [1.29, 1.82) is 0 Å². The molecule has 0 bridgehead atoms. The van der Waals surface area contributed by atoms with E-state index in [1.807, 2.05) is 12.2 Å². The van der Waals surface area contributed by atoms with Gasteiger partial charge in [-0.3, -0.25) is 0 Å². The Kier molecular flexibility index (Phi) is 3.73. The number of aromatic nitrogens is 1. The molecule has 0 aliphatic carbocycles. The summed E-state index contributed by atoms with van der Waals surface area (Å²) in [4.78, 5) is 3.35. The second-order valence-electron chi connectivity index (χ2n) is 3.74. The average Bonchev–Trinajstić information content (AvgIpc) is 2.54. The normalized spacial score (nSPS) is 11.5. The van der Waals surface area contributed by atoms with Crippen LogP contribution in [-0.4, -0.2) is 4.98 Å². The zero-order valence-corrected chi connectivity index (χ0v) is 9.85. The Bertz CT molecular complexity index is 405. The third-order valence-electron chi connectivity index (χ3n) is 2.72. The molecule has 1 heteroatoms. The lowest BCUT2D eigenvalue weighted by atomic mass is 10.1. The summed E-state index contributed by atoms with van der Waals surface area (Å²) >= 11 is 0. The SMILES string of the molecule is C=Cc1[nH]c(/C=C(\C)CC)c(C=C)c1C. The Labute approximate surface area is 92.2 Å². The Morgan fingerprint density at radius 3 is 2.40 bits per heavy atom. The van der Waals surface area contributed by atoms with Crippen LogP contribution in [0.3, 0.4) is 0 Å². The van der Waals surface area contributed by atoms with Gasteiger partial charge in [-0.25, -0.2) is 0 Å². The minimum Gasteiger partial charge on any atom is -0.355 e. The van der Waals surface area contributed by atoms with Crippen molar-refractivity contribution in [3.8, 4) is 0 Å². The Morgan fingerprint density at radius 2 is 1.93 bits per heavy atom. The number of rotatable bonds is 4. The smallest absolute Gasteiger partial charge is 0.0460 e. The van der Waals surface area contributed by atoms with Crippen molar-refractivity contribution in [2.24, 2.45) is 0 Å². The highest BCUT2D eigenvalue weighted by molar-refractivity contribution is 5.70. The van der Waals surface area contributed by atoms with Crippen LogP contribution in [0.5, 0.6) is 0 Å². The molecule has 0 saturated heterocycles. The van der Waals surface area contributed by atoms with Crippen LogP contribution >= 0.6 is 0 Å². The van der Waals surface area contributed by atoms with E-state index in [1.54, 1.807) is 0 Å². The molecule has 0 aliphatic heterocycles. The van der Waals surface area contributed by atoms with Crippen LogP contribution in [0.25, 0.3) is 18.2 Å². The molecule has 0 aliphatic rings. The van der Waals surface area contributed by atoms with Crippen LogP contribution in [0.2, 0.25) is 0 Å². The van der Waals surface area contributed by atoms with Crippen LogP contribution in [0.1, 0.15) is 42.8 Å². The lowest BCUT2D eigenvalue weighted by Gasteiger charge is -1.97. The Balaban J connectivity index is 3.29. The van der Waals surface area contributed by atoms with Crippen LogP contribution in [-0.2, 0) is 0 Å². The molecule has 0 aromatic carbocycles. The predicted molar refractivity (Wildman–Crippen MR) is 69.7 cm³/mol. The van der Waals surface area contributed by atoms with E-state index in [0.717, 1.165) is 17.8 Å². The van der Waals surface area contributed by atoms with Crippen molar-refractivity contribution in [1.82, 2.24) is 4.98 Å². The summed E-state index contributed by atoms with van der Waals surface area (Å²) in [7, 11) is 0. The molecule has 1 nitrogen and oxygen atoms in total. The number of hydrogen-bond acceptors (Lipinski definition) is 0. The predicted octanol–water partition coefficient (Wildman–Crippen LogP) is 4.42. The van der Waals surface area contributed by atoms with Gasteiger partial charge >= 0.3 is 0 Å². The first kappa shape index (κ1) is 11.6. The molecule has 0 atom stereocenters. The van der Waals surface area contributed by atoms with Gasteiger partial charge in [0.25, 0.3) is 0 Å². The van der Waals surface area contributed by atoms with Crippen LogP contribution in [0, 0.1) is 6.92 Å². The molecular formula is C14H19N. The fourth-order valence-electron chi connectivity index (χ4n) is 1.58. The molecule has 0 fully saturated rings. The molecule has 0 amide bonds. The highest BCUT2D eigenvalue weighted by Gasteiger charge is 2.07. The lowest BCUT2D eigenvalue weighted by Crippen LogP contribution is -1.79.